The maximum Gasteiger partial charge on any atom is 0.407 e. The molecule has 2 aromatic rings. The van der Waals surface area contributed by atoms with Gasteiger partial charge in [0.1, 0.15) is 13.2 Å². The minimum absolute atomic E-state index is 0. The number of alkyl carbamates (subject to hydrolysis) is 2. The first-order chi connectivity index (χ1) is 22.2. The predicted octanol–water partition coefficient (Wildman–Crippen LogP) is 5.89. The highest BCUT2D eigenvalue weighted by Gasteiger charge is 2.35. The van der Waals surface area contributed by atoms with Gasteiger partial charge in [0.25, 0.3) is 0 Å². The molecule has 0 aromatic heterocycles. The number of benzene rings is 2. The Morgan fingerprint density at radius 3 is 1.55 bits per heavy atom. The van der Waals surface area contributed by atoms with Crippen LogP contribution in [0.1, 0.15) is 77.8 Å². The van der Waals surface area contributed by atoms with Gasteiger partial charge < -0.3 is 35.3 Å². The molecule has 2 saturated carbocycles. The largest absolute Gasteiger partial charge is 0.466 e. The number of nitrogens with two attached hydrogens (primary N) is 1. The van der Waals surface area contributed by atoms with Crippen LogP contribution in [0.5, 0.6) is 0 Å². The molecule has 2 aliphatic rings. The molecule has 0 radical (unpaired) electrons. The lowest BCUT2D eigenvalue weighted by molar-refractivity contribution is -0.150. The van der Waals surface area contributed by atoms with Gasteiger partial charge in [-0.05, 0) is 69.4 Å². The van der Waals surface area contributed by atoms with E-state index in [-0.39, 0.29) is 62.5 Å². The molecule has 2 aliphatic carbocycles. The van der Waals surface area contributed by atoms with Gasteiger partial charge in [-0.25, -0.2) is 9.59 Å². The second-order valence-corrected chi connectivity index (χ2v) is 11.8. The van der Waals surface area contributed by atoms with E-state index in [4.69, 9.17) is 24.7 Å². The summed E-state index contributed by atoms with van der Waals surface area (Å²) in [4.78, 5) is 47.6. The molecule has 4 rings (SSSR count). The molecule has 0 spiro atoms. The lowest BCUT2D eigenvalue weighted by Crippen LogP contribution is -2.52. The van der Waals surface area contributed by atoms with E-state index < -0.39 is 12.2 Å². The molecule has 6 atom stereocenters. The second kappa shape index (κ2) is 20.9. The first-order valence-corrected chi connectivity index (χ1v) is 16.2. The highest BCUT2D eigenvalue weighted by molar-refractivity contribution is 5.74. The van der Waals surface area contributed by atoms with Crippen LogP contribution in [-0.4, -0.2) is 55.5 Å². The number of rotatable bonds is 10. The van der Waals surface area contributed by atoms with Gasteiger partial charge in [-0.3, -0.25) is 9.59 Å². The van der Waals surface area contributed by atoms with Gasteiger partial charge in [0.05, 0.1) is 25.0 Å². The van der Waals surface area contributed by atoms with Crippen molar-refractivity contribution >= 4 is 24.1 Å². The molecular formula is C36H53N3O8. The molecule has 0 bridgehead atoms. The first-order valence-electron chi connectivity index (χ1n) is 16.2. The summed E-state index contributed by atoms with van der Waals surface area (Å²) in [5.41, 5.74) is 7.91. The van der Waals surface area contributed by atoms with E-state index in [2.05, 4.69) is 17.6 Å². The SMILES string of the molecule is C.CCOC(=O)[C@H]1CC[C@H](C)[C@H](NC(=O)OCc2ccccc2)C1.CCOC(=O)[C@H]1CC[C@H](N)[C@H](NC(=O)OCc2ccccc2)C1. The molecule has 11 nitrogen and oxygen atoms in total. The fourth-order valence-corrected chi connectivity index (χ4v) is 5.66. The number of hydrogen-bond donors (Lipinski definition) is 3. The van der Waals surface area contributed by atoms with E-state index in [1.54, 1.807) is 13.8 Å². The first kappa shape index (κ1) is 39.1. The van der Waals surface area contributed by atoms with E-state index in [9.17, 15) is 19.2 Å². The van der Waals surface area contributed by atoms with Crippen LogP contribution in [0.3, 0.4) is 0 Å². The summed E-state index contributed by atoms with van der Waals surface area (Å²) in [7, 11) is 0. The molecule has 260 valence electrons. The predicted molar refractivity (Wildman–Crippen MR) is 179 cm³/mol. The van der Waals surface area contributed by atoms with Gasteiger partial charge in [-0.15, -0.1) is 0 Å². The molecule has 2 amide bonds. The Balaban J connectivity index is 0.000000320. The van der Waals surface area contributed by atoms with E-state index >= 15 is 0 Å². The number of amides is 2. The van der Waals surface area contributed by atoms with E-state index in [1.807, 2.05) is 60.7 Å². The van der Waals surface area contributed by atoms with Crippen molar-refractivity contribution in [1.29, 1.82) is 0 Å². The normalized spacial score (nSPS) is 23.3. The minimum atomic E-state index is -0.515. The van der Waals surface area contributed by atoms with Crippen LogP contribution in [0.25, 0.3) is 0 Å². The van der Waals surface area contributed by atoms with Gasteiger partial charge in [0.15, 0.2) is 0 Å². The molecule has 0 heterocycles. The molecule has 2 aromatic carbocycles. The van der Waals surface area contributed by atoms with Crippen molar-refractivity contribution in [2.75, 3.05) is 13.2 Å². The zero-order valence-electron chi connectivity index (χ0n) is 27.2. The third kappa shape index (κ3) is 13.6. The highest BCUT2D eigenvalue weighted by atomic mass is 16.6. The number of nitrogens with one attached hydrogen (secondary N) is 2. The Bertz CT molecular complexity index is 1130. The van der Waals surface area contributed by atoms with Crippen LogP contribution >= 0.6 is 0 Å². The Hall–Kier alpha value is -4.12. The van der Waals surface area contributed by atoms with E-state index in [0.717, 1.165) is 24.0 Å². The van der Waals surface area contributed by atoms with Crippen LogP contribution in [0.15, 0.2) is 60.7 Å². The Morgan fingerprint density at radius 2 is 1.09 bits per heavy atom. The van der Waals surface area contributed by atoms with Crippen molar-refractivity contribution in [1.82, 2.24) is 10.6 Å². The Morgan fingerprint density at radius 1 is 0.660 bits per heavy atom. The molecule has 0 unspecified atom stereocenters. The maximum atomic E-state index is 12.0. The molecule has 0 aliphatic heterocycles. The molecular weight excluding hydrogens is 602 g/mol. The third-order valence-corrected chi connectivity index (χ3v) is 8.37. The lowest BCUT2D eigenvalue weighted by Gasteiger charge is -2.33. The average Bonchev–Trinajstić information content (AvgIpc) is 3.06. The zero-order chi connectivity index (χ0) is 33.3. The summed E-state index contributed by atoms with van der Waals surface area (Å²) in [5, 5.41) is 5.67. The number of hydrogen-bond acceptors (Lipinski definition) is 9. The highest BCUT2D eigenvalue weighted by Crippen LogP contribution is 2.30. The average molecular weight is 656 g/mol. The van der Waals surface area contributed by atoms with E-state index in [0.29, 0.717) is 44.8 Å². The summed E-state index contributed by atoms with van der Waals surface area (Å²) >= 11 is 0. The van der Waals surface area contributed by atoms with Crippen molar-refractivity contribution in [2.24, 2.45) is 23.5 Å². The molecule has 4 N–H and O–H groups in total. The fourth-order valence-electron chi connectivity index (χ4n) is 5.66. The summed E-state index contributed by atoms with van der Waals surface area (Å²) in [6.45, 7) is 6.87. The van der Waals surface area contributed by atoms with E-state index in [1.165, 1.54) is 0 Å². The summed E-state index contributed by atoms with van der Waals surface area (Å²) in [6.07, 6.45) is 3.23. The topological polar surface area (TPSA) is 155 Å². The smallest absolute Gasteiger partial charge is 0.407 e. The number of carbonyl (C=O) groups is 4. The number of esters is 2. The molecule has 0 saturated heterocycles. The standard InChI is InChI=1S/C18H25NO4.C17H24N2O4.CH4/c1-3-22-17(20)15-10-9-13(2)16(11-15)19-18(21)23-12-14-7-5-4-6-8-14;1-2-22-16(20)13-8-9-14(18)15(10-13)19-17(21)23-11-12-6-4-3-5-7-12;/h4-8,13,15-16H,3,9-12H2,1-2H3,(H,19,21);3-7,13-15H,2,8-11,18H2,1H3,(H,19,21);1H4/t13-,15-,16+;13-,14-,15+;/m00./s1. The third-order valence-electron chi connectivity index (χ3n) is 8.37. The van der Waals surface area contributed by atoms with Gasteiger partial charge >= 0.3 is 24.1 Å². The monoisotopic (exact) mass is 655 g/mol. The van der Waals surface area contributed by atoms with Gasteiger partial charge in [0, 0.05) is 18.1 Å². The van der Waals surface area contributed by atoms with Crippen molar-refractivity contribution < 1.29 is 38.1 Å². The number of carbonyl (C=O) groups excluding carboxylic acids is 4. The Labute approximate surface area is 279 Å². The van der Waals surface area contributed by atoms with Crippen molar-refractivity contribution in [2.45, 2.75) is 98.1 Å². The van der Waals surface area contributed by atoms with Gasteiger partial charge in [0.2, 0.25) is 0 Å². The molecule has 11 heteroatoms. The molecule has 2 fully saturated rings. The maximum absolute atomic E-state index is 12.0. The van der Waals surface area contributed by atoms with Crippen LogP contribution in [0.4, 0.5) is 9.59 Å². The second-order valence-electron chi connectivity index (χ2n) is 11.8. The van der Waals surface area contributed by atoms with Crippen LogP contribution in [0.2, 0.25) is 0 Å². The van der Waals surface area contributed by atoms with Gasteiger partial charge in [-0.2, -0.15) is 0 Å². The fraction of sp³-hybridized carbons (Fsp3) is 0.556. The van der Waals surface area contributed by atoms with Crippen molar-refractivity contribution in [3.05, 3.63) is 71.8 Å². The van der Waals surface area contributed by atoms with Crippen LogP contribution < -0.4 is 16.4 Å². The zero-order valence-corrected chi connectivity index (χ0v) is 27.2. The van der Waals surface area contributed by atoms with Crippen molar-refractivity contribution in [3.8, 4) is 0 Å². The summed E-state index contributed by atoms with van der Waals surface area (Å²) < 4.78 is 20.6. The van der Waals surface area contributed by atoms with Crippen LogP contribution in [0, 0.1) is 17.8 Å². The molecule has 47 heavy (non-hydrogen) atoms. The quantitative estimate of drug-likeness (QED) is 0.210. The summed E-state index contributed by atoms with van der Waals surface area (Å²) in [5.74, 6) is -0.405. The lowest BCUT2D eigenvalue weighted by atomic mass is 9.79. The van der Waals surface area contributed by atoms with Gasteiger partial charge in [-0.1, -0.05) is 75.0 Å². The minimum Gasteiger partial charge on any atom is -0.466 e. The van der Waals surface area contributed by atoms with Crippen LogP contribution in [-0.2, 0) is 41.8 Å². The Kier molecular flexibility index (Phi) is 17.4. The summed E-state index contributed by atoms with van der Waals surface area (Å²) in [6, 6.07) is 18.5. The van der Waals surface area contributed by atoms with Crippen molar-refractivity contribution in [3.63, 3.8) is 0 Å². The number of ether oxygens (including phenoxy) is 4.